The van der Waals surface area contributed by atoms with Gasteiger partial charge in [-0.3, -0.25) is 9.59 Å². The Labute approximate surface area is 127 Å². The minimum absolute atomic E-state index is 0.00626. The SMILES string of the molecule is CCN(CC)C(=O)c1ccc(C(=O)NCCC(C)C)cc1. The predicted molar refractivity (Wildman–Crippen MR) is 85.5 cm³/mol. The lowest BCUT2D eigenvalue weighted by atomic mass is 10.1. The van der Waals surface area contributed by atoms with Gasteiger partial charge in [-0.15, -0.1) is 0 Å². The quantitative estimate of drug-likeness (QED) is 0.839. The summed E-state index contributed by atoms with van der Waals surface area (Å²) in [5.74, 6) is 0.489. The summed E-state index contributed by atoms with van der Waals surface area (Å²) >= 11 is 0. The van der Waals surface area contributed by atoms with Crippen LogP contribution in [0.15, 0.2) is 24.3 Å². The number of rotatable bonds is 7. The number of hydrogen-bond donors (Lipinski definition) is 1. The Kier molecular flexibility index (Phi) is 6.92. The molecule has 0 radical (unpaired) electrons. The zero-order valence-electron chi connectivity index (χ0n) is 13.5. The molecule has 0 aliphatic carbocycles. The second kappa shape index (κ2) is 8.45. The first-order valence-electron chi connectivity index (χ1n) is 7.67. The summed E-state index contributed by atoms with van der Waals surface area (Å²) in [4.78, 5) is 25.9. The van der Waals surface area contributed by atoms with Crippen LogP contribution in [0.4, 0.5) is 0 Å². The molecule has 0 saturated heterocycles. The molecule has 0 atom stereocenters. The van der Waals surface area contributed by atoms with Crippen LogP contribution in [0.1, 0.15) is 54.8 Å². The fourth-order valence-corrected chi connectivity index (χ4v) is 2.03. The molecule has 0 aliphatic heterocycles. The number of hydrogen-bond acceptors (Lipinski definition) is 2. The lowest BCUT2D eigenvalue weighted by Crippen LogP contribution is -2.30. The van der Waals surface area contributed by atoms with E-state index in [1.165, 1.54) is 0 Å². The highest BCUT2D eigenvalue weighted by atomic mass is 16.2. The standard InChI is InChI=1S/C17H26N2O2/c1-5-19(6-2)17(21)15-9-7-14(8-10-15)16(20)18-12-11-13(3)4/h7-10,13H,5-6,11-12H2,1-4H3,(H,18,20). The Hall–Kier alpha value is -1.84. The van der Waals surface area contributed by atoms with Crippen LogP contribution in [-0.4, -0.2) is 36.3 Å². The summed E-state index contributed by atoms with van der Waals surface area (Å²) in [7, 11) is 0. The molecule has 1 rings (SSSR count). The predicted octanol–water partition coefficient (Wildman–Crippen LogP) is 2.94. The minimum atomic E-state index is -0.0857. The lowest BCUT2D eigenvalue weighted by molar-refractivity contribution is 0.0772. The van der Waals surface area contributed by atoms with E-state index in [1.807, 2.05) is 13.8 Å². The molecule has 2 amide bonds. The van der Waals surface area contributed by atoms with Crippen LogP contribution in [0.25, 0.3) is 0 Å². The van der Waals surface area contributed by atoms with Gasteiger partial charge in [0.2, 0.25) is 0 Å². The normalized spacial score (nSPS) is 10.5. The number of amides is 2. The van der Waals surface area contributed by atoms with Crippen molar-refractivity contribution in [1.29, 1.82) is 0 Å². The molecular formula is C17H26N2O2. The summed E-state index contributed by atoms with van der Waals surface area (Å²) in [6, 6.07) is 6.86. The molecule has 1 aromatic rings. The van der Waals surface area contributed by atoms with Crippen molar-refractivity contribution in [2.24, 2.45) is 5.92 Å². The maximum absolute atomic E-state index is 12.2. The summed E-state index contributed by atoms with van der Waals surface area (Å²) in [6.45, 7) is 10.2. The number of carbonyl (C=O) groups is 2. The number of nitrogens with zero attached hydrogens (tertiary/aromatic N) is 1. The van der Waals surface area contributed by atoms with Crippen LogP contribution >= 0.6 is 0 Å². The lowest BCUT2D eigenvalue weighted by Gasteiger charge is -2.18. The van der Waals surface area contributed by atoms with Gasteiger partial charge in [-0.1, -0.05) is 13.8 Å². The van der Waals surface area contributed by atoms with E-state index in [-0.39, 0.29) is 11.8 Å². The van der Waals surface area contributed by atoms with Crippen molar-refractivity contribution >= 4 is 11.8 Å². The molecule has 116 valence electrons. The molecule has 0 aliphatic rings. The Morgan fingerprint density at radius 1 is 1.05 bits per heavy atom. The largest absolute Gasteiger partial charge is 0.352 e. The Morgan fingerprint density at radius 3 is 2.05 bits per heavy atom. The molecule has 0 bridgehead atoms. The zero-order chi connectivity index (χ0) is 15.8. The van der Waals surface area contributed by atoms with E-state index in [9.17, 15) is 9.59 Å². The molecule has 1 aromatic carbocycles. The maximum Gasteiger partial charge on any atom is 0.253 e. The molecule has 0 saturated carbocycles. The highest BCUT2D eigenvalue weighted by Crippen LogP contribution is 2.08. The second-order valence-corrected chi connectivity index (χ2v) is 5.49. The third-order valence-electron chi connectivity index (χ3n) is 3.45. The molecule has 0 aromatic heterocycles. The van der Waals surface area contributed by atoms with E-state index in [1.54, 1.807) is 29.2 Å². The first-order chi connectivity index (χ1) is 9.99. The Morgan fingerprint density at radius 2 is 1.57 bits per heavy atom. The second-order valence-electron chi connectivity index (χ2n) is 5.49. The van der Waals surface area contributed by atoms with Crippen LogP contribution in [0, 0.1) is 5.92 Å². The molecule has 0 unspecified atom stereocenters. The summed E-state index contributed by atoms with van der Waals surface area (Å²) in [6.07, 6.45) is 0.963. The molecular weight excluding hydrogens is 264 g/mol. The van der Waals surface area contributed by atoms with E-state index in [0.29, 0.717) is 36.7 Å². The third kappa shape index (κ3) is 5.21. The first-order valence-corrected chi connectivity index (χ1v) is 7.67. The highest BCUT2D eigenvalue weighted by molar-refractivity contribution is 5.97. The fraction of sp³-hybridized carbons (Fsp3) is 0.529. The van der Waals surface area contributed by atoms with Gasteiger partial charge in [0, 0.05) is 30.8 Å². The van der Waals surface area contributed by atoms with Crippen molar-refractivity contribution in [3.05, 3.63) is 35.4 Å². The van der Waals surface area contributed by atoms with E-state index >= 15 is 0 Å². The molecule has 4 nitrogen and oxygen atoms in total. The van der Waals surface area contributed by atoms with Crippen molar-refractivity contribution in [2.45, 2.75) is 34.1 Å². The molecule has 0 fully saturated rings. The van der Waals surface area contributed by atoms with Crippen molar-refractivity contribution < 1.29 is 9.59 Å². The molecule has 21 heavy (non-hydrogen) atoms. The number of carbonyl (C=O) groups excluding carboxylic acids is 2. The van der Waals surface area contributed by atoms with Gasteiger partial charge in [0.25, 0.3) is 11.8 Å². The van der Waals surface area contributed by atoms with Crippen LogP contribution in [-0.2, 0) is 0 Å². The van der Waals surface area contributed by atoms with Crippen molar-refractivity contribution in [1.82, 2.24) is 10.2 Å². The average Bonchev–Trinajstić information content (AvgIpc) is 2.48. The van der Waals surface area contributed by atoms with Crippen LogP contribution in [0.2, 0.25) is 0 Å². The maximum atomic E-state index is 12.2. The summed E-state index contributed by atoms with van der Waals surface area (Å²) in [5, 5.41) is 2.89. The van der Waals surface area contributed by atoms with Gasteiger partial charge in [0.05, 0.1) is 0 Å². The van der Waals surface area contributed by atoms with E-state index in [2.05, 4.69) is 19.2 Å². The van der Waals surface area contributed by atoms with Crippen molar-refractivity contribution in [3.8, 4) is 0 Å². The number of nitrogens with one attached hydrogen (secondary N) is 1. The summed E-state index contributed by atoms with van der Waals surface area (Å²) < 4.78 is 0. The van der Waals surface area contributed by atoms with E-state index in [0.717, 1.165) is 6.42 Å². The first kappa shape index (κ1) is 17.2. The summed E-state index contributed by atoms with van der Waals surface area (Å²) in [5.41, 5.74) is 1.22. The third-order valence-corrected chi connectivity index (χ3v) is 3.45. The van der Waals surface area contributed by atoms with E-state index in [4.69, 9.17) is 0 Å². The van der Waals surface area contributed by atoms with Gasteiger partial charge in [-0.25, -0.2) is 0 Å². The van der Waals surface area contributed by atoms with Crippen molar-refractivity contribution in [2.75, 3.05) is 19.6 Å². The highest BCUT2D eigenvalue weighted by Gasteiger charge is 2.13. The topological polar surface area (TPSA) is 49.4 Å². The van der Waals surface area contributed by atoms with Gasteiger partial charge < -0.3 is 10.2 Å². The molecule has 0 heterocycles. The van der Waals surface area contributed by atoms with Crippen LogP contribution < -0.4 is 5.32 Å². The van der Waals surface area contributed by atoms with Gasteiger partial charge in [-0.2, -0.15) is 0 Å². The zero-order valence-corrected chi connectivity index (χ0v) is 13.5. The number of benzene rings is 1. The monoisotopic (exact) mass is 290 g/mol. The van der Waals surface area contributed by atoms with E-state index < -0.39 is 0 Å². The van der Waals surface area contributed by atoms with Gasteiger partial charge in [-0.05, 0) is 50.5 Å². The average molecular weight is 290 g/mol. The van der Waals surface area contributed by atoms with Gasteiger partial charge in [0.1, 0.15) is 0 Å². The molecule has 1 N–H and O–H groups in total. The fourth-order valence-electron chi connectivity index (χ4n) is 2.03. The van der Waals surface area contributed by atoms with Crippen LogP contribution in [0.3, 0.4) is 0 Å². The van der Waals surface area contributed by atoms with Gasteiger partial charge >= 0.3 is 0 Å². The molecule has 4 heteroatoms. The minimum Gasteiger partial charge on any atom is -0.352 e. The van der Waals surface area contributed by atoms with Crippen molar-refractivity contribution in [3.63, 3.8) is 0 Å². The van der Waals surface area contributed by atoms with Gasteiger partial charge in [0.15, 0.2) is 0 Å². The molecule has 0 spiro atoms. The Balaban J connectivity index is 2.65. The smallest absolute Gasteiger partial charge is 0.253 e. The van der Waals surface area contributed by atoms with Crippen LogP contribution in [0.5, 0.6) is 0 Å². The Bertz CT molecular complexity index is 462.